The van der Waals surface area contributed by atoms with Crippen LogP contribution in [0, 0.1) is 0 Å². The van der Waals surface area contributed by atoms with Gasteiger partial charge in [0.25, 0.3) is 0 Å². The summed E-state index contributed by atoms with van der Waals surface area (Å²) in [6.45, 7) is 2.13. The van der Waals surface area contributed by atoms with Crippen LogP contribution in [0.2, 0.25) is 0 Å². The smallest absolute Gasteiger partial charge is 0.234 e. The fourth-order valence-electron chi connectivity index (χ4n) is 1.96. The van der Waals surface area contributed by atoms with Crippen molar-refractivity contribution in [2.24, 2.45) is 0 Å². The minimum atomic E-state index is -0.0896. The van der Waals surface area contributed by atoms with Gasteiger partial charge in [0.05, 0.1) is 5.69 Å². The van der Waals surface area contributed by atoms with Crippen LogP contribution in [0.3, 0.4) is 0 Å². The first-order chi connectivity index (χ1) is 7.72. The topological polar surface area (TPSA) is 37.4 Å². The number of aryl methyl sites for hydroxylation is 1. The van der Waals surface area contributed by atoms with Gasteiger partial charge in [0.15, 0.2) is 0 Å². The molecule has 1 aliphatic rings. The van der Waals surface area contributed by atoms with E-state index in [9.17, 15) is 9.59 Å². The number of nitrogens with zero attached hydrogens (tertiary/aromatic N) is 1. The Morgan fingerprint density at radius 2 is 1.62 bits per heavy atom. The van der Waals surface area contributed by atoms with E-state index in [4.69, 9.17) is 0 Å². The second-order valence-corrected chi connectivity index (χ2v) is 4.04. The molecule has 0 saturated carbocycles. The number of amides is 2. The summed E-state index contributed by atoms with van der Waals surface area (Å²) < 4.78 is 0. The summed E-state index contributed by atoms with van der Waals surface area (Å²) in [5.41, 5.74) is 1.94. The van der Waals surface area contributed by atoms with Gasteiger partial charge in [-0.05, 0) is 24.1 Å². The van der Waals surface area contributed by atoms with Crippen molar-refractivity contribution in [3.63, 3.8) is 0 Å². The van der Waals surface area contributed by atoms with E-state index < -0.39 is 0 Å². The fraction of sp³-hybridized carbons (Fsp3) is 0.385. The number of anilines is 1. The monoisotopic (exact) mass is 217 g/mol. The van der Waals surface area contributed by atoms with Gasteiger partial charge in [-0.3, -0.25) is 14.5 Å². The molecule has 0 spiro atoms. The lowest BCUT2D eigenvalue weighted by Gasteiger charge is -2.13. The van der Waals surface area contributed by atoms with Gasteiger partial charge in [-0.25, -0.2) is 0 Å². The van der Waals surface area contributed by atoms with Gasteiger partial charge in [0.2, 0.25) is 11.8 Å². The molecule has 0 unspecified atom stereocenters. The third-order valence-corrected chi connectivity index (χ3v) is 2.78. The molecule has 0 aliphatic carbocycles. The summed E-state index contributed by atoms with van der Waals surface area (Å²) in [6.07, 6.45) is 2.81. The summed E-state index contributed by atoms with van der Waals surface area (Å²) in [5, 5.41) is 0. The van der Waals surface area contributed by atoms with E-state index in [1.54, 1.807) is 0 Å². The molecule has 1 heterocycles. The van der Waals surface area contributed by atoms with Crippen LogP contribution in [-0.4, -0.2) is 11.8 Å². The van der Waals surface area contributed by atoms with Crippen molar-refractivity contribution in [2.45, 2.75) is 32.6 Å². The van der Waals surface area contributed by atoms with Gasteiger partial charge in [-0.15, -0.1) is 0 Å². The highest BCUT2D eigenvalue weighted by Crippen LogP contribution is 2.22. The van der Waals surface area contributed by atoms with E-state index >= 15 is 0 Å². The molecule has 3 nitrogen and oxygen atoms in total. The van der Waals surface area contributed by atoms with Gasteiger partial charge in [0.1, 0.15) is 0 Å². The van der Waals surface area contributed by atoms with Crippen LogP contribution in [-0.2, 0) is 16.0 Å². The van der Waals surface area contributed by atoms with Gasteiger partial charge < -0.3 is 0 Å². The van der Waals surface area contributed by atoms with E-state index in [0.29, 0.717) is 18.5 Å². The summed E-state index contributed by atoms with van der Waals surface area (Å²) in [7, 11) is 0. The number of carbonyl (C=O) groups is 2. The normalized spacial score (nSPS) is 15.9. The van der Waals surface area contributed by atoms with Gasteiger partial charge in [-0.2, -0.15) is 0 Å². The first-order valence-corrected chi connectivity index (χ1v) is 5.67. The lowest BCUT2D eigenvalue weighted by Crippen LogP contribution is -2.28. The summed E-state index contributed by atoms with van der Waals surface area (Å²) in [6, 6.07) is 7.67. The number of rotatable bonds is 3. The minimum Gasteiger partial charge on any atom is -0.274 e. The van der Waals surface area contributed by atoms with E-state index in [1.807, 2.05) is 24.3 Å². The molecule has 0 atom stereocenters. The molecule has 16 heavy (non-hydrogen) atoms. The number of hydrogen-bond donors (Lipinski definition) is 0. The Morgan fingerprint density at radius 3 is 2.12 bits per heavy atom. The molecule has 0 N–H and O–H groups in total. The molecule has 1 fully saturated rings. The van der Waals surface area contributed by atoms with E-state index in [2.05, 4.69) is 6.92 Å². The van der Waals surface area contributed by atoms with E-state index in [-0.39, 0.29) is 11.8 Å². The molecule has 3 heteroatoms. The second-order valence-electron chi connectivity index (χ2n) is 4.04. The van der Waals surface area contributed by atoms with Gasteiger partial charge in [-0.1, -0.05) is 25.5 Å². The molecule has 2 amide bonds. The lowest BCUT2D eigenvalue weighted by molar-refractivity contribution is -0.121. The number of carbonyl (C=O) groups excluding carboxylic acids is 2. The van der Waals surface area contributed by atoms with Crippen LogP contribution in [0.15, 0.2) is 24.3 Å². The largest absolute Gasteiger partial charge is 0.274 e. The van der Waals surface area contributed by atoms with E-state index in [1.165, 1.54) is 10.5 Å². The zero-order valence-electron chi connectivity index (χ0n) is 9.40. The maximum Gasteiger partial charge on any atom is 0.234 e. The predicted molar refractivity (Wildman–Crippen MR) is 62.2 cm³/mol. The Kier molecular flexibility index (Phi) is 3.04. The standard InChI is InChI=1S/C13H15NO2/c1-2-3-10-4-6-11(7-5-10)14-12(15)8-9-13(14)16/h4-7H,2-3,8-9H2,1H3. The summed E-state index contributed by atoms with van der Waals surface area (Å²) in [4.78, 5) is 24.3. The molecule has 1 aromatic carbocycles. The first kappa shape index (κ1) is 10.9. The van der Waals surface area contributed by atoms with Crippen molar-refractivity contribution in [3.8, 4) is 0 Å². The maximum absolute atomic E-state index is 11.5. The minimum absolute atomic E-state index is 0.0896. The fourth-order valence-corrected chi connectivity index (χ4v) is 1.96. The lowest BCUT2D eigenvalue weighted by atomic mass is 10.1. The number of hydrogen-bond acceptors (Lipinski definition) is 2. The molecule has 1 aromatic rings. The average molecular weight is 217 g/mol. The highest BCUT2D eigenvalue weighted by atomic mass is 16.2. The van der Waals surface area contributed by atoms with Crippen LogP contribution >= 0.6 is 0 Å². The summed E-state index contributed by atoms with van der Waals surface area (Å²) in [5.74, 6) is -0.179. The quantitative estimate of drug-likeness (QED) is 0.728. The van der Waals surface area contributed by atoms with Crippen LogP contribution in [0.25, 0.3) is 0 Å². The number of imide groups is 1. The van der Waals surface area contributed by atoms with Crippen LogP contribution in [0.5, 0.6) is 0 Å². The zero-order chi connectivity index (χ0) is 11.5. The van der Waals surface area contributed by atoms with E-state index in [0.717, 1.165) is 12.8 Å². The maximum atomic E-state index is 11.5. The van der Waals surface area contributed by atoms with Crippen molar-refractivity contribution in [3.05, 3.63) is 29.8 Å². The first-order valence-electron chi connectivity index (χ1n) is 5.67. The Balaban J connectivity index is 2.21. The van der Waals surface area contributed by atoms with Crippen LogP contribution < -0.4 is 4.90 Å². The highest BCUT2D eigenvalue weighted by molar-refractivity contribution is 6.19. The SMILES string of the molecule is CCCc1ccc(N2C(=O)CCC2=O)cc1. The van der Waals surface area contributed by atoms with Gasteiger partial charge in [0, 0.05) is 12.8 Å². The molecule has 84 valence electrons. The highest BCUT2D eigenvalue weighted by Gasteiger charge is 2.29. The molecule has 0 radical (unpaired) electrons. The molecular weight excluding hydrogens is 202 g/mol. The predicted octanol–water partition coefficient (Wildman–Crippen LogP) is 2.29. The van der Waals surface area contributed by atoms with Crippen LogP contribution in [0.4, 0.5) is 5.69 Å². The molecule has 1 aliphatic heterocycles. The summed E-state index contributed by atoms with van der Waals surface area (Å²) >= 11 is 0. The molecule has 0 bridgehead atoms. The number of benzene rings is 1. The van der Waals surface area contributed by atoms with Gasteiger partial charge >= 0.3 is 0 Å². The van der Waals surface area contributed by atoms with Crippen molar-refractivity contribution < 1.29 is 9.59 Å². The Morgan fingerprint density at radius 1 is 1.06 bits per heavy atom. The molecule has 2 rings (SSSR count). The molecule has 1 saturated heterocycles. The average Bonchev–Trinajstić information content (AvgIpc) is 2.61. The second kappa shape index (κ2) is 4.47. The Hall–Kier alpha value is -1.64. The Labute approximate surface area is 95.1 Å². The molecular formula is C13H15NO2. The third kappa shape index (κ3) is 1.98. The van der Waals surface area contributed by atoms with Crippen molar-refractivity contribution in [2.75, 3.05) is 4.90 Å². The third-order valence-electron chi connectivity index (χ3n) is 2.78. The Bertz CT molecular complexity index is 392. The van der Waals surface area contributed by atoms with Crippen LogP contribution in [0.1, 0.15) is 31.7 Å². The molecule has 0 aromatic heterocycles. The van der Waals surface area contributed by atoms with Crippen molar-refractivity contribution in [1.82, 2.24) is 0 Å². The van der Waals surface area contributed by atoms with Crippen molar-refractivity contribution >= 4 is 17.5 Å². The zero-order valence-corrected chi connectivity index (χ0v) is 9.40. The van der Waals surface area contributed by atoms with Crippen molar-refractivity contribution in [1.29, 1.82) is 0 Å².